The van der Waals surface area contributed by atoms with Crippen molar-refractivity contribution in [1.29, 1.82) is 0 Å². The zero-order valence-corrected chi connectivity index (χ0v) is 9.92. The minimum Gasteiger partial charge on any atom is -0.442 e. The van der Waals surface area contributed by atoms with E-state index in [2.05, 4.69) is 4.84 Å². The SMILES string of the molecule is CC(C)CC(=O)ONC(=O)OC(C)(C)C. The fourth-order valence-corrected chi connectivity index (χ4v) is 0.773. The Morgan fingerprint density at radius 1 is 1.27 bits per heavy atom. The van der Waals surface area contributed by atoms with Gasteiger partial charge in [0.15, 0.2) is 0 Å². The average Bonchev–Trinajstić information content (AvgIpc) is 1.96. The fourth-order valence-electron chi connectivity index (χ4n) is 0.773. The summed E-state index contributed by atoms with van der Waals surface area (Å²) >= 11 is 0. The van der Waals surface area contributed by atoms with Gasteiger partial charge in [-0.25, -0.2) is 9.59 Å². The molecule has 0 unspecified atom stereocenters. The van der Waals surface area contributed by atoms with Gasteiger partial charge < -0.3 is 9.57 Å². The first-order chi connectivity index (χ1) is 6.70. The summed E-state index contributed by atoms with van der Waals surface area (Å²) < 4.78 is 4.87. The van der Waals surface area contributed by atoms with Crippen LogP contribution in [0.15, 0.2) is 0 Å². The molecule has 0 aromatic heterocycles. The number of amides is 1. The van der Waals surface area contributed by atoms with Gasteiger partial charge in [-0.1, -0.05) is 13.8 Å². The highest BCUT2D eigenvalue weighted by Gasteiger charge is 2.17. The number of hydroxylamine groups is 1. The Morgan fingerprint density at radius 3 is 2.20 bits per heavy atom. The lowest BCUT2D eigenvalue weighted by Crippen LogP contribution is -2.34. The normalized spacial score (nSPS) is 11.1. The van der Waals surface area contributed by atoms with Crippen LogP contribution in [0.1, 0.15) is 41.0 Å². The second-order valence-corrected chi connectivity index (χ2v) is 4.68. The maximum atomic E-state index is 11.0. The summed E-state index contributed by atoms with van der Waals surface area (Å²) in [6, 6.07) is 0. The van der Waals surface area contributed by atoms with Crippen LogP contribution in [-0.4, -0.2) is 17.7 Å². The van der Waals surface area contributed by atoms with Crippen molar-refractivity contribution in [3.8, 4) is 0 Å². The van der Waals surface area contributed by atoms with Gasteiger partial charge in [0, 0.05) is 0 Å². The Morgan fingerprint density at radius 2 is 1.80 bits per heavy atom. The van der Waals surface area contributed by atoms with Gasteiger partial charge in [0.05, 0.1) is 6.42 Å². The van der Waals surface area contributed by atoms with E-state index in [0.717, 1.165) is 0 Å². The molecule has 0 atom stereocenters. The smallest absolute Gasteiger partial charge is 0.441 e. The molecule has 5 nitrogen and oxygen atoms in total. The minimum absolute atomic E-state index is 0.193. The van der Waals surface area contributed by atoms with Crippen LogP contribution in [0.2, 0.25) is 0 Å². The zero-order valence-electron chi connectivity index (χ0n) is 9.92. The molecule has 0 saturated heterocycles. The van der Waals surface area contributed by atoms with E-state index in [1.165, 1.54) is 0 Å². The van der Waals surface area contributed by atoms with Gasteiger partial charge in [-0.05, 0) is 26.7 Å². The van der Waals surface area contributed by atoms with Crippen molar-refractivity contribution >= 4 is 12.1 Å². The monoisotopic (exact) mass is 217 g/mol. The molecule has 0 aliphatic carbocycles. The molecule has 0 aliphatic rings. The molecule has 0 aliphatic heterocycles. The Balaban J connectivity index is 3.77. The second-order valence-electron chi connectivity index (χ2n) is 4.68. The van der Waals surface area contributed by atoms with Gasteiger partial charge in [0.25, 0.3) is 0 Å². The summed E-state index contributed by atoms with van der Waals surface area (Å²) in [6.45, 7) is 8.94. The van der Waals surface area contributed by atoms with Crippen LogP contribution in [0.5, 0.6) is 0 Å². The van der Waals surface area contributed by atoms with Crippen molar-refractivity contribution in [2.75, 3.05) is 0 Å². The summed E-state index contributed by atoms with van der Waals surface area (Å²) in [5, 5.41) is 0. The third kappa shape index (κ3) is 9.05. The maximum Gasteiger partial charge on any atom is 0.441 e. The number of rotatable bonds is 2. The van der Waals surface area contributed by atoms with Crippen LogP contribution in [-0.2, 0) is 14.4 Å². The van der Waals surface area contributed by atoms with Crippen LogP contribution in [0.25, 0.3) is 0 Å². The lowest BCUT2D eigenvalue weighted by molar-refractivity contribution is -0.151. The van der Waals surface area contributed by atoms with Gasteiger partial charge in [-0.15, -0.1) is 5.48 Å². The highest BCUT2D eigenvalue weighted by Crippen LogP contribution is 2.06. The number of hydrogen-bond acceptors (Lipinski definition) is 4. The third-order valence-corrected chi connectivity index (χ3v) is 1.22. The molecule has 0 rings (SSSR count). The first kappa shape index (κ1) is 13.7. The number of carbonyl (C=O) groups is 2. The van der Waals surface area contributed by atoms with E-state index in [0.29, 0.717) is 0 Å². The van der Waals surface area contributed by atoms with E-state index in [4.69, 9.17) is 4.74 Å². The average molecular weight is 217 g/mol. The summed E-state index contributed by atoms with van der Waals surface area (Å²) in [4.78, 5) is 26.6. The van der Waals surface area contributed by atoms with Crippen molar-refractivity contribution < 1.29 is 19.2 Å². The number of carbonyl (C=O) groups excluding carboxylic acids is 2. The van der Waals surface area contributed by atoms with Crippen LogP contribution in [0.4, 0.5) is 4.79 Å². The molecule has 0 aromatic rings. The van der Waals surface area contributed by atoms with Crippen molar-refractivity contribution in [2.24, 2.45) is 5.92 Å². The molecular weight excluding hydrogens is 198 g/mol. The van der Waals surface area contributed by atoms with Gasteiger partial charge >= 0.3 is 12.1 Å². The fraction of sp³-hybridized carbons (Fsp3) is 0.800. The Bertz CT molecular complexity index is 230. The molecule has 15 heavy (non-hydrogen) atoms. The van der Waals surface area contributed by atoms with Crippen molar-refractivity contribution in [3.05, 3.63) is 0 Å². The molecule has 0 aromatic carbocycles. The molecule has 0 spiro atoms. The van der Waals surface area contributed by atoms with Crippen molar-refractivity contribution in [3.63, 3.8) is 0 Å². The lowest BCUT2D eigenvalue weighted by Gasteiger charge is -2.19. The molecule has 0 bridgehead atoms. The molecule has 5 heteroatoms. The highest BCUT2D eigenvalue weighted by atomic mass is 16.7. The van der Waals surface area contributed by atoms with E-state index in [-0.39, 0.29) is 12.3 Å². The van der Waals surface area contributed by atoms with Crippen molar-refractivity contribution in [1.82, 2.24) is 5.48 Å². The van der Waals surface area contributed by atoms with E-state index in [1.54, 1.807) is 20.8 Å². The van der Waals surface area contributed by atoms with Crippen LogP contribution in [0, 0.1) is 5.92 Å². The predicted octanol–water partition coefficient (Wildman–Crippen LogP) is 2.02. The van der Waals surface area contributed by atoms with Crippen LogP contribution in [0.3, 0.4) is 0 Å². The molecule has 0 fully saturated rings. The third-order valence-electron chi connectivity index (χ3n) is 1.22. The van der Waals surface area contributed by atoms with E-state index < -0.39 is 17.7 Å². The summed E-state index contributed by atoms with van der Waals surface area (Å²) in [5.74, 6) is -0.284. The van der Waals surface area contributed by atoms with Gasteiger partial charge in [-0.3, -0.25) is 0 Å². The van der Waals surface area contributed by atoms with E-state index in [1.807, 2.05) is 19.3 Å². The summed E-state index contributed by atoms with van der Waals surface area (Å²) in [5.41, 5.74) is 1.33. The topological polar surface area (TPSA) is 64.6 Å². The molecule has 0 heterocycles. The molecule has 1 N–H and O–H groups in total. The molecular formula is C10H19NO4. The van der Waals surface area contributed by atoms with Gasteiger partial charge in [-0.2, -0.15) is 0 Å². The van der Waals surface area contributed by atoms with Crippen LogP contribution < -0.4 is 5.48 Å². The van der Waals surface area contributed by atoms with Crippen molar-refractivity contribution in [2.45, 2.75) is 46.6 Å². The van der Waals surface area contributed by atoms with Gasteiger partial charge in [0.2, 0.25) is 0 Å². The maximum absolute atomic E-state index is 11.0. The quantitative estimate of drug-likeness (QED) is 0.718. The van der Waals surface area contributed by atoms with Gasteiger partial charge in [0.1, 0.15) is 5.60 Å². The Hall–Kier alpha value is -1.26. The van der Waals surface area contributed by atoms with Crippen LogP contribution >= 0.6 is 0 Å². The summed E-state index contributed by atoms with van der Waals surface area (Å²) in [7, 11) is 0. The number of nitrogens with one attached hydrogen (secondary N) is 1. The molecule has 0 radical (unpaired) electrons. The number of hydrogen-bond donors (Lipinski definition) is 1. The Kier molecular flexibility index (Phi) is 5.11. The van der Waals surface area contributed by atoms with E-state index in [9.17, 15) is 9.59 Å². The second kappa shape index (κ2) is 5.58. The zero-order chi connectivity index (χ0) is 12.1. The first-order valence-corrected chi connectivity index (χ1v) is 4.89. The standard InChI is InChI=1S/C10H19NO4/c1-7(2)6-8(12)15-11-9(13)14-10(3,4)5/h7H,6H2,1-5H3,(H,11,13). The number of ether oxygens (including phenoxy) is 1. The lowest BCUT2D eigenvalue weighted by atomic mass is 10.1. The largest absolute Gasteiger partial charge is 0.442 e. The van der Waals surface area contributed by atoms with E-state index >= 15 is 0 Å². The highest BCUT2D eigenvalue weighted by molar-refractivity contribution is 5.73. The molecule has 0 saturated carbocycles. The Labute approximate surface area is 90.1 Å². The molecule has 88 valence electrons. The summed E-state index contributed by atoms with van der Waals surface area (Å²) in [6.07, 6.45) is -0.505. The molecule has 1 amide bonds. The first-order valence-electron chi connectivity index (χ1n) is 4.89. The minimum atomic E-state index is -0.764. The predicted molar refractivity (Wildman–Crippen MR) is 54.9 cm³/mol.